The highest BCUT2D eigenvalue weighted by Crippen LogP contribution is 2.23. The van der Waals surface area contributed by atoms with E-state index in [0.717, 1.165) is 0 Å². The van der Waals surface area contributed by atoms with Crippen molar-refractivity contribution >= 4 is 11.7 Å². The lowest BCUT2D eigenvalue weighted by Gasteiger charge is -2.40. The molecule has 4 N–H and O–H groups in total. The fourth-order valence-corrected chi connectivity index (χ4v) is 3.29. The van der Waals surface area contributed by atoms with E-state index < -0.39 is 47.8 Å². The number of carbonyl (C=O) groups excluding carboxylic acids is 2. The summed E-state index contributed by atoms with van der Waals surface area (Å²) in [4.78, 5) is 24.1. The number of carbonyl (C=O) groups is 2. The molecule has 0 spiro atoms. The van der Waals surface area contributed by atoms with Gasteiger partial charge in [-0.15, -0.1) is 0 Å². The van der Waals surface area contributed by atoms with Crippen molar-refractivity contribution in [1.82, 2.24) is 5.32 Å². The molecule has 1 aromatic carbocycles. The maximum Gasteiger partial charge on any atom is 0.224 e. The second kappa shape index (κ2) is 11.8. The first-order valence-corrected chi connectivity index (χ1v) is 10.8. The number of amides is 1. The molecule has 3 unspecified atom stereocenters. The molecule has 1 heterocycles. The summed E-state index contributed by atoms with van der Waals surface area (Å²) in [5.74, 6) is -0.701. The minimum Gasteiger partial charge on any atom is -0.388 e. The summed E-state index contributed by atoms with van der Waals surface area (Å²) in [5.41, 5.74) is 0.102. The standard InChI is InChI=1S/C23H34FNO7/c1-23(2,3)17(26)9-4-5-10-31-22-21(30)20(29)19(28)16(32-22)13-25-18(27)12-14-7-6-8-15(24)11-14/h6-8,11,16,19-22,28-30H,4-5,9-10,12-13H2,1-3H3,(H,25,27)/t16?,19-,20-,21?,22?/m0/s1. The molecule has 1 aliphatic heterocycles. The third-order valence-electron chi connectivity index (χ3n) is 5.34. The van der Waals surface area contributed by atoms with Crippen molar-refractivity contribution in [3.8, 4) is 0 Å². The number of aliphatic hydroxyl groups excluding tert-OH is 3. The van der Waals surface area contributed by atoms with E-state index in [1.165, 1.54) is 18.2 Å². The summed E-state index contributed by atoms with van der Waals surface area (Å²) in [6.07, 6.45) is -5.05. The SMILES string of the molecule is CC(C)(C)C(=O)CCCCOC1OC(CNC(=O)Cc2cccc(F)c2)[C@H](O)[C@H](O)C1O. The van der Waals surface area contributed by atoms with Gasteiger partial charge in [-0.25, -0.2) is 4.39 Å². The molecule has 2 rings (SSSR count). The number of hydrogen-bond acceptors (Lipinski definition) is 7. The Bertz CT molecular complexity index is 767. The molecule has 0 bridgehead atoms. The molecule has 0 saturated carbocycles. The van der Waals surface area contributed by atoms with Crippen LogP contribution in [0.25, 0.3) is 0 Å². The van der Waals surface area contributed by atoms with Crippen molar-refractivity contribution in [2.75, 3.05) is 13.2 Å². The lowest BCUT2D eigenvalue weighted by Crippen LogP contribution is -2.60. The monoisotopic (exact) mass is 455 g/mol. The van der Waals surface area contributed by atoms with Gasteiger partial charge in [-0.2, -0.15) is 0 Å². The Balaban J connectivity index is 1.79. The molecule has 1 aliphatic rings. The number of ether oxygens (including phenoxy) is 2. The smallest absolute Gasteiger partial charge is 0.224 e. The Labute approximate surface area is 187 Å². The third-order valence-corrected chi connectivity index (χ3v) is 5.34. The van der Waals surface area contributed by atoms with Gasteiger partial charge in [0.25, 0.3) is 0 Å². The molecule has 1 fully saturated rings. The van der Waals surface area contributed by atoms with E-state index in [2.05, 4.69) is 5.32 Å². The number of Topliss-reactive ketones (excluding diaryl/α,β-unsaturated/α-hetero) is 1. The lowest BCUT2D eigenvalue weighted by molar-refractivity contribution is -0.295. The van der Waals surface area contributed by atoms with Crippen LogP contribution in [0.15, 0.2) is 24.3 Å². The molecule has 0 radical (unpaired) electrons. The van der Waals surface area contributed by atoms with Gasteiger partial charge in [0.2, 0.25) is 5.91 Å². The van der Waals surface area contributed by atoms with Crippen LogP contribution in [0.4, 0.5) is 4.39 Å². The maximum atomic E-state index is 13.2. The van der Waals surface area contributed by atoms with Crippen LogP contribution >= 0.6 is 0 Å². The van der Waals surface area contributed by atoms with Crippen LogP contribution in [0.2, 0.25) is 0 Å². The van der Waals surface area contributed by atoms with Crippen molar-refractivity contribution in [2.24, 2.45) is 5.41 Å². The Morgan fingerprint density at radius 2 is 1.84 bits per heavy atom. The summed E-state index contributed by atoms with van der Waals surface area (Å²) in [6, 6.07) is 5.66. The van der Waals surface area contributed by atoms with Crippen LogP contribution in [0, 0.1) is 11.2 Å². The van der Waals surface area contributed by atoms with Crippen LogP contribution < -0.4 is 5.32 Å². The van der Waals surface area contributed by atoms with Crippen LogP contribution in [0.5, 0.6) is 0 Å². The normalized spacial score (nSPS) is 26.0. The predicted molar refractivity (Wildman–Crippen MR) is 114 cm³/mol. The molecule has 1 saturated heterocycles. The lowest BCUT2D eigenvalue weighted by atomic mass is 9.88. The number of ketones is 1. The number of benzene rings is 1. The number of unbranched alkanes of at least 4 members (excludes halogenated alkanes) is 1. The highest BCUT2D eigenvalue weighted by atomic mass is 19.1. The Kier molecular flexibility index (Phi) is 9.72. The van der Waals surface area contributed by atoms with Crippen LogP contribution in [0.3, 0.4) is 0 Å². The summed E-state index contributed by atoms with van der Waals surface area (Å²) in [5, 5.41) is 33.0. The van der Waals surface area contributed by atoms with Crippen LogP contribution in [-0.2, 0) is 25.5 Å². The zero-order chi connectivity index (χ0) is 23.9. The fraction of sp³-hybridized carbons (Fsp3) is 0.652. The minimum absolute atomic E-state index is 0.0566. The average Bonchev–Trinajstić information content (AvgIpc) is 2.71. The fourth-order valence-electron chi connectivity index (χ4n) is 3.29. The van der Waals surface area contributed by atoms with Gasteiger partial charge in [-0.3, -0.25) is 9.59 Å². The summed E-state index contributed by atoms with van der Waals surface area (Å²) in [7, 11) is 0. The minimum atomic E-state index is -1.51. The first-order chi connectivity index (χ1) is 15.0. The molecule has 0 aromatic heterocycles. The number of rotatable bonds is 10. The van der Waals surface area contributed by atoms with Crippen molar-refractivity contribution in [2.45, 2.75) is 77.2 Å². The topological polar surface area (TPSA) is 125 Å². The third kappa shape index (κ3) is 7.90. The van der Waals surface area contributed by atoms with Crippen molar-refractivity contribution in [1.29, 1.82) is 0 Å². The van der Waals surface area contributed by atoms with Crippen LogP contribution in [0.1, 0.15) is 45.6 Å². The van der Waals surface area contributed by atoms with E-state index in [9.17, 15) is 29.3 Å². The molecule has 0 aliphatic carbocycles. The second-order valence-electron chi connectivity index (χ2n) is 9.13. The molecule has 9 heteroatoms. The number of halogens is 1. The van der Waals surface area contributed by atoms with Crippen molar-refractivity contribution < 1.29 is 38.8 Å². The van der Waals surface area contributed by atoms with Gasteiger partial charge >= 0.3 is 0 Å². The summed E-state index contributed by atoms with van der Waals surface area (Å²) < 4.78 is 24.3. The van der Waals surface area contributed by atoms with E-state index in [1.54, 1.807) is 6.07 Å². The average molecular weight is 456 g/mol. The molecule has 1 aromatic rings. The van der Waals surface area contributed by atoms with Gasteiger partial charge < -0.3 is 30.1 Å². The van der Waals surface area contributed by atoms with Gasteiger partial charge in [-0.05, 0) is 30.5 Å². The van der Waals surface area contributed by atoms with Gasteiger partial charge in [0.1, 0.15) is 36.0 Å². The Morgan fingerprint density at radius 1 is 1.12 bits per heavy atom. The zero-order valence-corrected chi connectivity index (χ0v) is 18.8. The maximum absolute atomic E-state index is 13.2. The highest BCUT2D eigenvalue weighted by molar-refractivity contribution is 5.83. The zero-order valence-electron chi connectivity index (χ0n) is 18.8. The molecule has 5 atom stereocenters. The van der Waals surface area contributed by atoms with E-state index in [-0.39, 0.29) is 25.4 Å². The van der Waals surface area contributed by atoms with Gasteiger partial charge in [0, 0.05) is 25.0 Å². The quantitative estimate of drug-likeness (QED) is 0.389. The molecular formula is C23H34FNO7. The predicted octanol–water partition coefficient (Wildman–Crippen LogP) is 1.09. The van der Waals surface area contributed by atoms with Gasteiger partial charge in [0.05, 0.1) is 6.42 Å². The second-order valence-corrected chi connectivity index (χ2v) is 9.13. The van der Waals surface area contributed by atoms with E-state index in [4.69, 9.17) is 9.47 Å². The summed E-state index contributed by atoms with van der Waals surface area (Å²) >= 11 is 0. The molecular weight excluding hydrogens is 421 g/mol. The summed E-state index contributed by atoms with van der Waals surface area (Å²) in [6.45, 7) is 5.66. The van der Waals surface area contributed by atoms with Crippen molar-refractivity contribution in [3.63, 3.8) is 0 Å². The first kappa shape index (κ1) is 26.3. The number of hydrogen-bond donors (Lipinski definition) is 4. The Hall–Kier alpha value is -1.91. The van der Waals surface area contributed by atoms with Crippen molar-refractivity contribution in [3.05, 3.63) is 35.6 Å². The van der Waals surface area contributed by atoms with Gasteiger partial charge in [0.15, 0.2) is 6.29 Å². The van der Waals surface area contributed by atoms with E-state index in [1.807, 2.05) is 20.8 Å². The molecule has 8 nitrogen and oxygen atoms in total. The van der Waals surface area contributed by atoms with Crippen LogP contribution in [-0.4, -0.2) is 70.9 Å². The number of aliphatic hydroxyl groups is 3. The number of nitrogens with one attached hydrogen (secondary N) is 1. The first-order valence-electron chi connectivity index (χ1n) is 10.8. The van der Waals surface area contributed by atoms with Gasteiger partial charge in [-0.1, -0.05) is 32.9 Å². The molecule has 32 heavy (non-hydrogen) atoms. The Morgan fingerprint density at radius 3 is 2.50 bits per heavy atom. The van der Waals surface area contributed by atoms with E-state index in [0.29, 0.717) is 24.8 Å². The molecule has 1 amide bonds. The molecule has 180 valence electrons. The largest absolute Gasteiger partial charge is 0.388 e. The van der Waals surface area contributed by atoms with E-state index >= 15 is 0 Å². The highest BCUT2D eigenvalue weighted by Gasteiger charge is 2.44.